The number of hydrogen-bond acceptors (Lipinski definition) is 0. The fourth-order valence-corrected chi connectivity index (χ4v) is 0. The predicted octanol–water partition coefficient (Wildman–Crippen LogP) is 3.26. The fraction of sp³-hybridized carbons (Fsp3) is 1.00. The first kappa shape index (κ1) is 8.18. The molecule has 0 aromatic heterocycles. The van der Waals surface area contributed by atoms with Crippen LogP contribution in [0.15, 0.2) is 0 Å². The van der Waals surface area contributed by atoms with Gasteiger partial charge in [-0.3, -0.25) is 0 Å². The molecule has 0 unspecified atom stereocenters. The topological polar surface area (TPSA) is 0 Å². The van der Waals surface area contributed by atoms with Crippen LogP contribution in [0.25, 0.3) is 0 Å². The first-order chi connectivity index (χ1) is 2.94. The fourth-order valence-electron chi connectivity index (χ4n) is 0. The van der Waals surface area contributed by atoms with Crippen LogP contribution < -0.4 is 0 Å². The molecular weight excluding hydrogens is 236 g/mol. The normalized spacial score (nSPS) is 12.9. The standard InChI is InChI=1S/C4H10Br2Si/c1-4(2)7(3,5)6/h4H,1-3H3. The van der Waals surface area contributed by atoms with Crippen molar-refractivity contribution in [2.45, 2.75) is 25.9 Å². The molecule has 0 aromatic carbocycles. The van der Waals surface area contributed by atoms with Gasteiger partial charge in [-0.1, -0.05) is 13.8 Å². The van der Waals surface area contributed by atoms with E-state index < -0.39 is 5.31 Å². The summed E-state index contributed by atoms with van der Waals surface area (Å²) in [7, 11) is 0. The second-order valence-corrected chi connectivity index (χ2v) is 18.3. The minimum absolute atomic E-state index is 0.771. The van der Waals surface area contributed by atoms with E-state index in [-0.39, 0.29) is 0 Å². The van der Waals surface area contributed by atoms with Gasteiger partial charge >= 0.3 is 0 Å². The van der Waals surface area contributed by atoms with Gasteiger partial charge in [-0.05, 0) is 12.1 Å². The SMILES string of the molecule is CC(C)[Si](C)(Br)Br. The van der Waals surface area contributed by atoms with Crippen molar-refractivity contribution >= 4 is 35.9 Å². The molecule has 0 spiro atoms. The van der Waals surface area contributed by atoms with Gasteiger partial charge in [0.1, 0.15) is 0 Å². The summed E-state index contributed by atoms with van der Waals surface area (Å²) in [6.45, 7) is 6.67. The Balaban J connectivity index is 3.54. The van der Waals surface area contributed by atoms with Gasteiger partial charge in [0.05, 0.1) is 0 Å². The summed E-state index contributed by atoms with van der Waals surface area (Å²) < 4.78 is 0. The Kier molecular flexibility index (Phi) is 3.09. The van der Waals surface area contributed by atoms with Gasteiger partial charge in [-0.2, -0.15) is 0 Å². The van der Waals surface area contributed by atoms with Crippen molar-refractivity contribution in [3.8, 4) is 0 Å². The lowest BCUT2D eigenvalue weighted by Crippen LogP contribution is -2.14. The number of halogens is 2. The summed E-state index contributed by atoms with van der Waals surface area (Å²) in [5.41, 5.74) is 0.771. The molecule has 0 N–H and O–H groups in total. The van der Waals surface area contributed by atoms with Gasteiger partial charge < -0.3 is 0 Å². The number of hydrogen-bond donors (Lipinski definition) is 0. The summed E-state index contributed by atoms with van der Waals surface area (Å²) in [6.07, 6.45) is 0. The summed E-state index contributed by atoms with van der Waals surface area (Å²) >= 11 is 7.20. The molecule has 0 fully saturated rings. The Morgan fingerprint density at radius 1 is 1.29 bits per heavy atom. The van der Waals surface area contributed by atoms with E-state index in [4.69, 9.17) is 0 Å². The smallest absolute Gasteiger partial charge is 0.111 e. The number of rotatable bonds is 1. The van der Waals surface area contributed by atoms with Crippen LogP contribution in [0, 0.1) is 0 Å². The van der Waals surface area contributed by atoms with Crippen LogP contribution in [-0.4, -0.2) is 5.31 Å². The first-order valence-corrected chi connectivity index (χ1v) is 9.41. The minimum Gasteiger partial charge on any atom is -0.111 e. The molecule has 0 aliphatic heterocycles. The lowest BCUT2D eigenvalue weighted by molar-refractivity contribution is 1.05. The van der Waals surface area contributed by atoms with Gasteiger partial charge in [0.15, 0.2) is 0 Å². The summed E-state index contributed by atoms with van der Waals surface area (Å²) in [5.74, 6) is 0. The van der Waals surface area contributed by atoms with Gasteiger partial charge in [-0.15, -0.1) is 30.6 Å². The summed E-state index contributed by atoms with van der Waals surface area (Å²) in [6, 6.07) is 0. The van der Waals surface area contributed by atoms with Gasteiger partial charge in [-0.25, -0.2) is 0 Å². The summed E-state index contributed by atoms with van der Waals surface area (Å²) in [5, 5.41) is -1.11. The van der Waals surface area contributed by atoms with Crippen molar-refractivity contribution in [3.05, 3.63) is 0 Å². The zero-order valence-electron chi connectivity index (χ0n) is 4.83. The molecule has 0 aliphatic carbocycles. The molecule has 0 aliphatic rings. The molecule has 44 valence electrons. The molecule has 0 saturated carbocycles. The minimum atomic E-state index is -1.11. The first-order valence-electron chi connectivity index (χ1n) is 2.32. The zero-order valence-corrected chi connectivity index (χ0v) is 9.01. The summed E-state index contributed by atoms with van der Waals surface area (Å²) in [4.78, 5) is 0. The van der Waals surface area contributed by atoms with Crippen molar-refractivity contribution in [1.82, 2.24) is 0 Å². The quantitative estimate of drug-likeness (QED) is 0.492. The van der Waals surface area contributed by atoms with Crippen LogP contribution in [0.3, 0.4) is 0 Å². The third-order valence-electron chi connectivity index (χ3n) is 1.01. The third kappa shape index (κ3) is 3.73. The van der Waals surface area contributed by atoms with Gasteiger partial charge in [0.2, 0.25) is 5.31 Å². The lowest BCUT2D eigenvalue weighted by atomic mass is 10.6. The van der Waals surface area contributed by atoms with Crippen LogP contribution in [0.4, 0.5) is 0 Å². The Hall–Kier alpha value is 1.18. The van der Waals surface area contributed by atoms with E-state index in [1.54, 1.807) is 0 Å². The molecule has 0 amide bonds. The molecular formula is C4H10Br2Si. The van der Waals surface area contributed by atoms with Crippen molar-refractivity contribution < 1.29 is 0 Å². The zero-order chi connectivity index (χ0) is 6.08. The molecule has 0 bridgehead atoms. The monoisotopic (exact) mass is 244 g/mol. The van der Waals surface area contributed by atoms with Crippen LogP contribution in [0.2, 0.25) is 12.1 Å². The average Bonchev–Trinajstić information content (AvgIpc) is 1.31. The molecule has 0 atom stereocenters. The van der Waals surface area contributed by atoms with E-state index in [0.717, 1.165) is 5.54 Å². The van der Waals surface area contributed by atoms with Crippen molar-refractivity contribution in [1.29, 1.82) is 0 Å². The molecule has 0 saturated heterocycles. The molecule has 0 heterocycles. The third-order valence-corrected chi connectivity index (χ3v) is 8.54. The molecule has 0 radical (unpaired) electrons. The second-order valence-electron chi connectivity index (χ2n) is 2.11. The van der Waals surface area contributed by atoms with E-state index >= 15 is 0 Å². The highest BCUT2D eigenvalue weighted by Gasteiger charge is 2.22. The molecule has 0 nitrogen and oxygen atoms in total. The molecule has 3 heteroatoms. The maximum atomic E-state index is 3.60. The maximum absolute atomic E-state index is 3.60. The van der Waals surface area contributed by atoms with Gasteiger partial charge in [0, 0.05) is 0 Å². The Morgan fingerprint density at radius 3 is 1.43 bits per heavy atom. The van der Waals surface area contributed by atoms with E-state index in [9.17, 15) is 0 Å². The second kappa shape index (κ2) is 2.64. The highest BCUT2D eigenvalue weighted by atomic mass is 79.9. The highest BCUT2D eigenvalue weighted by molar-refractivity contribution is 9.51. The van der Waals surface area contributed by atoms with E-state index in [1.165, 1.54) is 0 Å². The van der Waals surface area contributed by atoms with Crippen molar-refractivity contribution in [3.63, 3.8) is 0 Å². The Morgan fingerprint density at radius 2 is 1.43 bits per heavy atom. The van der Waals surface area contributed by atoms with Crippen LogP contribution in [0.5, 0.6) is 0 Å². The molecule has 0 rings (SSSR count). The Labute approximate surface area is 61.8 Å². The Bertz CT molecular complexity index is 55.2. The van der Waals surface area contributed by atoms with Crippen LogP contribution in [0.1, 0.15) is 13.8 Å². The lowest BCUT2D eigenvalue weighted by Gasteiger charge is -2.14. The van der Waals surface area contributed by atoms with Crippen molar-refractivity contribution in [2.75, 3.05) is 0 Å². The average molecular weight is 246 g/mol. The van der Waals surface area contributed by atoms with Gasteiger partial charge in [0.25, 0.3) is 0 Å². The van der Waals surface area contributed by atoms with E-state index in [2.05, 4.69) is 51.0 Å². The maximum Gasteiger partial charge on any atom is 0.200 e. The van der Waals surface area contributed by atoms with E-state index in [0.29, 0.717) is 0 Å². The molecule has 0 aromatic rings. The van der Waals surface area contributed by atoms with Crippen LogP contribution in [-0.2, 0) is 0 Å². The van der Waals surface area contributed by atoms with Crippen molar-refractivity contribution in [2.24, 2.45) is 0 Å². The van der Waals surface area contributed by atoms with E-state index in [1.807, 2.05) is 0 Å². The predicted molar refractivity (Wildman–Crippen MR) is 44.6 cm³/mol. The highest BCUT2D eigenvalue weighted by Crippen LogP contribution is 2.31. The largest absolute Gasteiger partial charge is 0.200 e. The molecule has 7 heavy (non-hydrogen) atoms. The van der Waals surface area contributed by atoms with Crippen LogP contribution >= 0.6 is 30.6 Å².